The largest absolute Gasteiger partial charge is 0.310 e. The second-order valence-corrected chi connectivity index (χ2v) is 4.69. The fraction of sp³-hybridized carbons (Fsp3) is 0.846. The van der Waals surface area contributed by atoms with Gasteiger partial charge in [-0.2, -0.15) is 0 Å². The molecule has 0 saturated heterocycles. The molecule has 0 aromatic carbocycles. The van der Waals surface area contributed by atoms with Crippen LogP contribution in [-0.4, -0.2) is 12.6 Å². The molecule has 0 aliphatic heterocycles. The number of hydrogen-bond acceptors (Lipinski definition) is 1. The molecule has 1 nitrogen and oxygen atoms in total. The lowest BCUT2D eigenvalue weighted by atomic mass is 9.79. The van der Waals surface area contributed by atoms with Gasteiger partial charge in [-0.05, 0) is 32.1 Å². The molecule has 0 spiro atoms. The van der Waals surface area contributed by atoms with Gasteiger partial charge in [-0.15, -0.1) is 0 Å². The lowest BCUT2D eigenvalue weighted by Crippen LogP contribution is -2.33. The van der Waals surface area contributed by atoms with E-state index < -0.39 is 0 Å². The quantitative estimate of drug-likeness (QED) is 0.640. The molecular weight excluding hydrogens is 170 g/mol. The van der Waals surface area contributed by atoms with E-state index in [1.807, 2.05) is 0 Å². The third-order valence-corrected chi connectivity index (χ3v) is 3.47. The van der Waals surface area contributed by atoms with Crippen LogP contribution in [0.5, 0.6) is 0 Å². The monoisotopic (exact) mass is 195 g/mol. The van der Waals surface area contributed by atoms with Crippen LogP contribution in [0.3, 0.4) is 0 Å². The number of rotatable bonds is 6. The van der Waals surface area contributed by atoms with Crippen molar-refractivity contribution in [2.75, 3.05) is 6.54 Å². The van der Waals surface area contributed by atoms with Crippen LogP contribution in [0.25, 0.3) is 0 Å². The number of hydrogen-bond donors (Lipinski definition) is 1. The molecule has 0 fully saturated rings. The molecule has 0 bridgehead atoms. The Balaban J connectivity index is 2.28. The molecule has 2 unspecified atom stereocenters. The minimum Gasteiger partial charge on any atom is -0.310 e. The summed E-state index contributed by atoms with van der Waals surface area (Å²) in [4.78, 5) is 0. The first kappa shape index (κ1) is 11.8. The fourth-order valence-corrected chi connectivity index (χ4v) is 2.38. The predicted octanol–water partition coefficient (Wildman–Crippen LogP) is 3.51. The summed E-state index contributed by atoms with van der Waals surface area (Å²) >= 11 is 0. The average molecular weight is 195 g/mol. The van der Waals surface area contributed by atoms with Gasteiger partial charge in [-0.3, -0.25) is 0 Å². The average Bonchev–Trinajstić information content (AvgIpc) is 2.16. The van der Waals surface area contributed by atoms with Crippen molar-refractivity contribution in [2.24, 2.45) is 5.92 Å². The van der Waals surface area contributed by atoms with Crippen LogP contribution in [0.2, 0.25) is 0 Å². The van der Waals surface area contributed by atoms with Gasteiger partial charge in [0.2, 0.25) is 0 Å². The summed E-state index contributed by atoms with van der Waals surface area (Å²) in [5, 5.41) is 3.68. The first-order chi connectivity index (χ1) is 6.69. The van der Waals surface area contributed by atoms with Crippen molar-refractivity contribution in [2.45, 2.75) is 59.4 Å². The van der Waals surface area contributed by atoms with Crippen molar-refractivity contribution in [3.8, 4) is 0 Å². The Hall–Kier alpha value is -0.300. The maximum atomic E-state index is 3.68. The van der Waals surface area contributed by atoms with Crippen molar-refractivity contribution in [1.82, 2.24) is 5.32 Å². The third kappa shape index (κ3) is 2.84. The summed E-state index contributed by atoms with van der Waals surface area (Å²) in [6.45, 7) is 10.3. The van der Waals surface area contributed by atoms with Crippen molar-refractivity contribution in [3.05, 3.63) is 11.1 Å². The lowest BCUT2D eigenvalue weighted by molar-refractivity contribution is 0.452. The molecule has 2 atom stereocenters. The van der Waals surface area contributed by atoms with Crippen LogP contribution in [-0.2, 0) is 0 Å². The van der Waals surface area contributed by atoms with E-state index in [1.54, 1.807) is 11.1 Å². The molecule has 1 N–H and O–H groups in total. The first-order valence-electron chi connectivity index (χ1n) is 6.10. The van der Waals surface area contributed by atoms with E-state index >= 15 is 0 Å². The summed E-state index contributed by atoms with van der Waals surface area (Å²) in [7, 11) is 0. The van der Waals surface area contributed by atoms with Crippen molar-refractivity contribution in [3.63, 3.8) is 0 Å². The topological polar surface area (TPSA) is 12.0 Å². The minimum absolute atomic E-state index is 0.730. The second-order valence-electron chi connectivity index (χ2n) is 4.69. The van der Waals surface area contributed by atoms with Crippen molar-refractivity contribution < 1.29 is 0 Å². The number of nitrogens with one attached hydrogen (secondary N) is 1. The zero-order valence-corrected chi connectivity index (χ0v) is 10.2. The lowest BCUT2D eigenvalue weighted by Gasteiger charge is -2.31. The van der Waals surface area contributed by atoms with Crippen LogP contribution in [0.15, 0.2) is 11.1 Å². The summed E-state index contributed by atoms with van der Waals surface area (Å²) in [6.07, 6.45) is 5.19. The van der Waals surface area contributed by atoms with Crippen LogP contribution in [0.1, 0.15) is 53.4 Å². The van der Waals surface area contributed by atoms with Gasteiger partial charge in [0.05, 0.1) is 0 Å². The zero-order valence-electron chi connectivity index (χ0n) is 10.2. The Morgan fingerprint density at radius 2 is 2.14 bits per heavy atom. The second kappa shape index (κ2) is 5.55. The summed E-state index contributed by atoms with van der Waals surface area (Å²) in [5.74, 6) is 0.835. The van der Waals surface area contributed by atoms with Gasteiger partial charge in [0.25, 0.3) is 0 Å². The maximum Gasteiger partial charge on any atom is 0.0172 e. The van der Waals surface area contributed by atoms with Gasteiger partial charge in [-0.25, -0.2) is 0 Å². The van der Waals surface area contributed by atoms with Crippen molar-refractivity contribution >= 4 is 0 Å². The van der Waals surface area contributed by atoms with Gasteiger partial charge in [0.15, 0.2) is 0 Å². The van der Waals surface area contributed by atoms with Gasteiger partial charge < -0.3 is 5.32 Å². The molecule has 0 radical (unpaired) electrons. The van der Waals surface area contributed by atoms with Gasteiger partial charge in [0, 0.05) is 12.6 Å². The van der Waals surface area contributed by atoms with E-state index in [0.29, 0.717) is 0 Å². The third-order valence-electron chi connectivity index (χ3n) is 3.47. The molecule has 1 aliphatic rings. The van der Waals surface area contributed by atoms with Crippen LogP contribution in [0.4, 0.5) is 0 Å². The van der Waals surface area contributed by atoms with Crippen LogP contribution >= 0.6 is 0 Å². The molecule has 1 rings (SSSR count). The Kier molecular flexibility index (Phi) is 4.67. The van der Waals surface area contributed by atoms with E-state index in [2.05, 4.69) is 33.0 Å². The van der Waals surface area contributed by atoms with E-state index in [1.165, 1.54) is 25.7 Å². The highest BCUT2D eigenvalue weighted by Gasteiger charge is 2.22. The summed E-state index contributed by atoms with van der Waals surface area (Å²) in [5.41, 5.74) is 3.29. The van der Waals surface area contributed by atoms with Gasteiger partial charge >= 0.3 is 0 Å². The first-order valence-corrected chi connectivity index (χ1v) is 6.10. The van der Waals surface area contributed by atoms with E-state index in [9.17, 15) is 0 Å². The molecule has 1 heteroatoms. The highest BCUT2D eigenvalue weighted by molar-refractivity contribution is 5.27. The van der Waals surface area contributed by atoms with Crippen LogP contribution < -0.4 is 5.32 Å². The molecule has 0 heterocycles. The minimum atomic E-state index is 0.730. The zero-order chi connectivity index (χ0) is 10.6. The Labute approximate surface area is 89.0 Å². The smallest absolute Gasteiger partial charge is 0.0172 e. The standard InChI is InChI=1S/C13H25N/c1-5-7-12(6-2)14-9-13-10(3)8-11(13)4/h10,12,14H,5-9H2,1-4H3. The SMILES string of the molecule is CCCC(CC)NCC1=C(C)CC1C. The van der Waals surface area contributed by atoms with Gasteiger partial charge in [-0.1, -0.05) is 38.3 Å². The summed E-state index contributed by atoms with van der Waals surface area (Å²) < 4.78 is 0. The molecular formula is C13H25N. The predicted molar refractivity (Wildman–Crippen MR) is 63.5 cm³/mol. The van der Waals surface area contributed by atoms with Crippen LogP contribution in [0, 0.1) is 5.92 Å². The van der Waals surface area contributed by atoms with E-state index in [4.69, 9.17) is 0 Å². The Morgan fingerprint density at radius 1 is 1.43 bits per heavy atom. The van der Waals surface area contributed by atoms with Crippen molar-refractivity contribution in [1.29, 1.82) is 0 Å². The Bertz CT molecular complexity index is 205. The molecule has 0 aromatic heterocycles. The molecule has 0 aromatic rings. The van der Waals surface area contributed by atoms with Gasteiger partial charge in [0.1, 0.15) is 0 Å². The normalized spacial score (nSPS) is 23.6. The fourth-order valence-electron chi connectivity index (χ4n) is 2.38. The molecule has 1 aliphatic carbocycles. The highest BCUT2D eigenvalue weighted by Crippen LogP contribution is 2.33. The Morgan fingerprint density at radius 3 is 2.57 bits per heavy atom. The molecule has 82 valence electrons. The maximum absolute atomic E-state index is 3.68. The number of allylic oxidation sites excluding steroid dienone is 1. The molecule has 0 amide bonds. The highest BCUT2D eigenvalue weighted by atomic mass is 14.9. The van der Waals surface area contributed by atoms with E-state index in [0.717, 1.165) is 18.5 Å². The summed E-state index contributed by atoms with van der Waals surface area (Å²) in [6, 6.07) is 0.730. The molecule has 0 saturated carbocycles. The molecule has 14 heavy (non-hydrogen) atoms. The van der Waals surface area contributed by atoms with E-state index in [-0.39, 0.29) is 0 Å².